The van der Waals surface area contributed by atoms with Crippen LogP contribution >= 0.6 is 11.6 Å². The van der Waals surface area contributed by atoms with E-state index in [0.717, 1.165) is 0 Å². The molecule has 3 nitrogen and oxygen atoms in total. The van der Waals surface area contributed by atoms with E-state index in [4.69, 9.17) is 16.7 Å². The number of nitrogens with zero attached hydrogens (tertiary/aromatic N) is 2. The maximum absolute atomic E-state index is 8.68. The predicted octanol–water partition coefficient (Wildman–Crippen LogP) is 0.836. The highest BCUT2D eigenvalue weighted by Crippen LogP contribution is 2.15. The molecule has 42 valence electrons. The molecule has 1 rings (SSSR count). The van der Waals surface area contributed by atoms with E-state index in [0.29, 0.717) is 0 Å². The summed E-state index contributed by atoms with van der Waals surface area (Å²) in [6, 6.07) is 1.37. The molecule has 0 saturated carbocycles. The van der Waals surface area contributed by atoms with Crippen LogP contribution in [0.2, 0.25) is 5.15 Å². The Morgan fingerprint density at radius 3 is 2.75 bits per heavy atom. The van der Waals surface area contributed by atoms with Crippen LogP contribution in [0.25, 0.3) is 0 Å². The SMILES string of the molecule is Oc1ccnnc1Cl. The highest BCUT2D eigenvalue weighted by Gasteiger charge is 1.93. The summed E-state index contributed by atoms with van der Waals surface area (Å²) in [5, 5.41) is 15.5. The molecule has 0 aromatic carbocycles. The second kappa shape index (κ2) is 1.96. The van der Waals surface area contributed by atoms with Crippen molar-refractivity contribution in [3.8, 4) is 5.75 Å². The van der Waals surface area contributed by atoms with Crippen molar-refractivity contribution in [3.63, 3.8) is 0 Å². The minimum atomic E-state index is -0.0401. The van der Waals surface area contributed by atoms with Gasteiger partial charge in [0.25, 0.3) is 0 Å². The maximum atomic E-state index is 8.68. The van der Waals surface area contributed by atoms with Gasteiger partial charge in [-0.15, -0.1) is 5.10 Å². The number of halogens is 1. The molecule has 0 radical (unpaired) electrons. The van der Waals surface area contributed by atoms with Crippen molar-refractivity contribution in [2.45, 2.75) is 0 Å². The van der Waals surface area contributed by atoms with Crippen molar-refractivity contribution in [2.75, 3.05) is 0 Å². The molecule has 0 spiro atoms. The molecule has 1 aromatic rings. The first-order valence-corrected chi connectivity index (χ1v) is 2.34. The summed E-state index contributed by atoms with van der Waals surface area (Å²) >= 11 is 5.29. The molecule has 0 bridgehead atoms. The number of aromatic hydroxyl groups is 1. The van der Waals surface area contributed by atoms with Crippen molar-refractivity contribution in [3.05, 3.63) is 17.4 Å². The Hall–Kier alpha value is -0.830. The van der Waals surface area contributed by atoms with Crippen LogP contribution < -0.4 is 0 Å². The second-order valence-corrected chi connectivity index (χ2v) is 1.57. The van der Waals surface area contributed by atoms with E-state index >= 15 is 0 Å². The zero-order valence-corrected chi connectivity index (χ0v) is 4.63. The fraction of sp³-hybridized carbons (Fsp3) is 0. The Morgan fingerprint density at radius 2 is 2.38 bits per heavy atom. The summed E-state index contributed by atoms with van der Waals surface area (Å²) in [6.07, 6.45) is 1.36. The van der Waals surface area contributed by atoms with Crippen LogP contribution in [0.4, 0.5) is 0 Å². The highest BCUT2D eigenvalue weighted by atomic mass is 35.5. The molecular weight excluding hydrogens is 128 g/mol. The lowest BCUT2D eigenvalue weighted by molar-refractivity contribution is 0.471. The average Bonchev–Trinajstić information content (AvgIpc) is 1.77. The van der Waals surface area contributed by atoms with Crippen LogP contribution in [0.3, 0.4) is 0 Å². The molecule has 0 unspecified atom stereocenters. The van der Waals surface area contributed by atoms with Gasteiger partial charge in [-0.2, -0.15) is 5.10 Å². The van der Waals surface area contributed by atoms with Crippen molar-refractivity contribution in [1.82, 2.24) is 10.2 Å². The molecule has 0 aliphatic carbocycles. The Morgan fingerprint density at radius 1 is 1.62 bits per heavy atom. The first kappa shape index (κ1) is 5.31. The quantitative estimate of drug-likeness (QED) is 0.566. The van der Waals surface area contributed by atoms with E-state index in [-0.39, 0.29) is 10.9 Å². The highest BCUT2D eigenvalue weighted by molar-refractivity contribution is 6.30. The zero-order chi connectivity index (χ0) is 5.98. The van der Waals surface area contributed by atoms with Gasteiger partial charge in [0.1, 0.15) is 0 Å². The van der Waals surface area contributed by atoms with E-state index in [1.54, 1.807) is 0 Å². The molecule has 1 heterocycles. The van der Waals surface area contributed by atoms with E-state index in [9.17, 15) is 0 Å². The van der Waals surface area contributed by atoms with Crippen LogP contribution in [0.5, 0.6) is 5.75 Å². The first-order chi connectivity index (χ1) is 3.80. The Balaban J connectivity index is 3.13. The maximum Gasteiger partial charge on any atom is 0.193 e. The normalized spacial score (nSPS) is 9.12. The molecule has 0 atom stereocenters. The van der Waals surface area contributed by atoms with Crippen LogP contribution in [-0.2, 0) is 0 Å². The lowest BCUT2D eigenvalue weighted by atomic mass is 10.5. The van der Waals surface area contributed by atoms with Gasteiger partial charge in [-0.05, 0) is 0 Å². The minimum Gasteiger partial charge on any atom is -0.505 e. The van der Waals surface area contributed by atoms with Gasteiger partial charge in [0.05, 0.1) is 6.20 Å². The van der Waals surface area contributed by atoms with Crippen LogP contribution in [-0.4, -0.2) is 15.3 Å². The van der Waals surface area contributed by atoms with Crippen molar-refractivity contribution >= 4 is 11.6 Å². The predicted molar refractivity (Wildman–Crippen MR) is 28.7 cm³/mol. The summed E-state index contributed by atoms with van der Waals surface area (Å²) in [5.74, 6) is -0.0401. The first-order valence-electron chi connectivity index (χ1n) is 1.97. The Bertz CT molecular complexity index is 170. The van der Waals surface area contributed by atoms with Crippen molar-refractivity contribution in [2.24, 2.45) is 0 Å². The average molecular weight is 131 g/mol. The van der Waals surface area contributed by atoms with Gasteiger partial charge >= 0.3 is 0 Å². The van der Waals surface area contributed by atoms with Gasteiger partial charge in [0.15, 0.2) is 10.9 Å². The summed E-state index contributed by atoms with van der Waals surface area (Å²) in [5.41, 5.74) is 0. The molecular formula is C4H3ClN2O. The zero-order valence-electron chi connectivity index (χ0n) is 3.87. The van der Waals surface area contributed by atoms with E-state index < -0.39 is 0 Å². The summed E-state index contributed by atoms with van der Waals surface area (Å²) in [6.45, 7) is 0. The van der Waals surface area contributed by atoms with Gasteiger partial charge in [-0.1, -0.05) is 11.6 Å². The minimum absolute atomic E-state index is 0.0347. The largest absolute Gasteiger partial charge is 0.505 e. The number of aromatic nitrogens is 2. The van der Waals surface area contributed by atoms with Gasteiger partial charge in [-0.3, -0.25) is 0 Å². The van der Waals surface area contributed by atoms with Gasteiger partial charge in [0, 0.05) is 6.07 Å². The van der Waals surface area contributed by atoms with Gasteiger partial charge in [0.2, 0.25) is 0 Å². The van der Waals surface area contributed by atoms with Crippen molar-refractivity contribution in [1.29, 1.82) is 0 Å². The van der Waals surface area contributed by atoms with Crippen LogP contribution in [0.1, 0.15) is 0 Å². The third kappa shape index (κ3) is 0.869. The standard InChI is InChI=1S/C4H3ClN2O/c5-4-3(8)1-2-6-7-4/h1-2H,(H,6,8). The van der Waals surface area contributed by atoms with E-state index in [1.165, 1.54) is 12.3 Å². The van der Waals surface area contributed by atoms with E-state index in [1.807, 2.05) is 0 Å². The fourth-order valence-corrected chi connectivity index (χ4v) is 0.415. The Labute approximate surface area is 50.9 Å². The molecule has 4 heteroatoms. The topological polar surface area (TPSA) is 46.0 Å². The van der Waals surface area contributed by atoms with Crippen LogP contribution in [0, 0.1) is 0 Å². The Kier molecular flexibility index (Phi) is 1.30. The van der Waals surface area contributed by atoms with Gasteiger partial charge < -0.3 is 5.11 Å². The summed E-state index contributed by atoms with van der Waals surface area (Å²) < 4.78 is 0. The molecule has 0 aliphatic heterocycles. The monoisotopic (exact) mass is 130 g/mol. The third-order valence-corrected chi connectivity index (χ3v) is 0.925. The molecule has 0 amide bonds. The molecule has 0 fully saturated rings. The lowest BCUT2D eigenvalue weighted by Crippen LogP contribution is -1.77. The number of rotatable bonds is 0. The lowest BCUT2D eigenvalue weighted by Gasteiger charge is -1.87. The number of hydrogen-bond acceptors (Lipinski definition) is 3. The molecule has 8 heavy (non-hydrogen) atoms. The second-order valence-electron chi connectivity index (χ2n) is 1.21. The number of hydrogen-bond donors (Lipinski definition) is 1. The molecule has 1 N–H and O–H groups in total. The summed E-state index contributed by atoms with van der Waals surface area (Å²) in [4.78, 5) is 0. The van der Waals surface area contributed by atoms with Gasteiger partial charge in [-0.25, -0.2) is 0 Å². The third-order valence-electron chi connectivity index (χ3n) is 0.656. The fourth-order valence-electron chi connectivity index (χ4n) is 0.308. The summed E-state index contributed by atoms with van der Waals surface area (Å²) in [7, 11) is 0. The molecule has 0 saturated heterocycles. The van der Waals surface area contributed by atoms with Crippen LogP contribution in [0.15, 0.2) is 12.3 Å². The molecule has 1 aromatic heterocycles. The van der Waals surface area contributed by atoms with Crippen molar-refractivity contribution < 1.29 is 5.11 Å². The van der Waals surface area contributed by atoms with E-state index in [2.05, 4.69) is 10.2 Å². The smallest absolute Gasteiger partial charge is 0.193 e. The molecule has 0 aliphatic rings.